The molecule has 10 heterocycles. The van der Waals surface area contributed by atoms with Gasteiger partial charge in [-0.05, 0) is 64.2 Å². The van der Waals surface area contributed by atoms with E-state index in [1.165, 1.54) is 9.80 Å². The Balaban J connectivity index is -0.00000131. The van der Waals surface area contributed by atoms with Gasteiger partial charge in [-0.25, -0.2) is 9.59 Å². The molecule has 10 fully saturated rings. The Morgan fingerprint density at radius 3 is 0.709 bits per heavy atom. The quantitative estimate of drug-likeness (QED) is 0.0567. The summed E-state index contributed by atoms with van der Waals surface area (Å²) in [5.74, 6) is -9.02. The number of aliphatic hydroxyl groups excluding tert-OH is 5. The molecule has 127 heavy (non-hydrogen) atoms. The van der Waals surface area contributed by atoms with Gasteiger partial charge in [0, 0.05) is 124 Å². The van der Waals surface area contributed by atoms with Crippen LogP contribution in [0.15, 0.2) is 0 Å². The molecule has 0 bridgehead atoms. The summed E-state index contributed by atoms with van der Waals surface area (Å²) in [6, 6.07) is -1.24. The van der Waals surface area contributed by atoms with Gasteiger partial charge in [0.05, 0.1) is 114 Å². The number of carboxylic acid groups (broad SMARTS) is 9. The number of aliphatic hydroxyl groups is 5. The van der Waals surface area contributed by atoms with Gasteiger partial charge in [-0.2, -0.15) is 0 Å². The van der Waals surface area contributed by atoms with Crippen LogP contribution in [0.3, 0.4) is 0 Å². The van der Waals surface area contributed by atoms with Crippen molar-refractivity contribution >= 4 is 119 Å². The summed E-state index contributed by atoms with van der Waals surface area (Å²) in [7, 11) is 0. The smallest absolute Gasteiger partial charge is 0.326 e. The lowest BCUT2D eigenvalue weighted by Gasteiger charge is -2.34. The molecule has 0 radical (unpaired) electrons. The molecule has 728 valence electrons. The van der Waals surface area contributed by atoms with Gasteiger partial charge in [0.15, 0.2) is 65.6 Å². The first-order chi connectivity index (χ1) is 59.3. The zero-order valence-corrected chi connectivity index (χ0v) is 71.1. The molecule has 58 heteroatoms. The van der Waals surface area contributed by atoms with Crippen LogP contribution in [0.4, 0.5) is 0 Å². The van der Waals surface area contributed by atoms with E-state index in [4.69, 9.17) is 204 Å². The summed E-state index contributed by atoms with van der Waals surface area (Å²) in [6.07, 6.45) is 5.11. The number of carboxylic acids is 9. The highest BCUT2D eigenvalue weighted by Crippen LogP contribution is 2.20. The molecule has 10 rings (SSSR count). The standard InChI is InChI=1S/C7H13N3O2.C6H14N6.C6H11N3O3.C6H11N3O2.2C6H13N3O.4C5H11N3O.3C4H6O4/c8-7(9)10-3-1-5(2-4-10)6(11)12;7-5(8)11-1-2-12(4-3-11)6(9)10;7-6(8)9-2-3(10)1-4(9)5(11)12;7-6(8)9-3-1-2-4(9)5(10)11;2*7-6(8)9-3-1-2-5(9)4-10;2*6-5(7)8-1-3-9-4-2-8;2*6-5(7)8-2-1-4(9)3-8;3*5-3(6)1-2-4(7)8/h5H,1-4H2,(H3,8,9)(H,11,12);1-4H2,(H3,7,8)(H3,9,10);3-4,10H,1-2H2,(H3,7,8)(H,11,12);4H,1-3H2,(H3,7,8)(H,10,11);2*5,10H,1-4H2,(H3,7,8);2*1-4H2,(H3,6,7);2*4,9H,1-3H2,(H3,6,7);3*1-2H2,(H,5,6)(H,7,8). The minimum atomic E-state index is -1.08. The van der Waals surface area contributed by atoms with Gasteiger partial charge in [-0.1, -0.05) is 0 Å². The molecule has 10 aliphatic rings. The van der Waals surface area contributed by atoms with Crippen molar-refractivity contribution in [1.29, 1.82) is 59.5 Å². The van der Waals surface area contributed by atoms with E-state index in [-0.39, 0.29) is 160 Å². The number of piperazine rings is 1. The summed E-state index contributed by atoms with van der Waals surface area (Å²) >= 11 is 0. The molecule has 10 saturated heterocycles. The van der Waals surface area contributed by atoms with E-state index in [0.29, 0.717) is 105 Å². The maximum absolute atomic E-state index is 10.6. The number of likely N-dealkylation sites (tertiary alicyclic amines) is 7. The largest absolute Gasteiger partial charge is 0.481 e. The first kappa shape index (κ1) is 118. The molecule has 58 nitrogen and oxygen atoms in total. The maximum atomic E-state index is 10.6. The van der Waals surface area contributed by atoms with Gasteiger partial charge in [0.25, 0.3) is 0 Å². The van der Waals surface area contributed by atoms with Gasteiger partial charge >= 0.3 is 53.7 Å². The monoisotopic (exact) mass is 1830 g/mol. The fourth-order valence-corrected chi connectivity index (χ4v) is 12.0. The third-order valence-electron chi connectivity index (χ3n) is 19.0. The summed E-state index contributed by atoms with van der Waals surface area (Å²) in [5, 5.41) is 196. The van der Waals surface area contributed by atoms with E-state index < -0.39 is 71.9 Å². The third kappa shape index (κ3) is 55.7. The van der Waals surface area contributed by atoms with Gasteiger partial charge in [0.2, 0.25) is 0 Å². The van der Waals surface area contributed by atoms with Crippen molar-refractivity contribution in [2.75, 3.05) is 157 Å². The number of ether oxygens (including phenoxy) is 2. The van der Waals surface area contributed by atoms with Crippen LogP contribution in [0, 0.1) is 65.4 Å². The minimum absolute atomic E-state index is 0.0406. The number of morpholine rings is 2. The highest BCUT2D eigenvalue weighted by atomic mass is 16.5. The van der Waals surface area contributed by atoms with E-state index in [1.54, 1.807) is 44.1 Å². The second kappa shape index (κ2) is 65.5. The summed E-state index contributed by atoms with van der Waals surface area (Å²) in [5.41, 5.74) is 57.4. The number of carbonyl (C=O) groups is 9. The number of guanidine groups is 11. The number of hydrogen-bond acceptors (Lipinski definition) is 27. The Kier molecular flexibility index (Phi) is 60.9. The van der Waals surface area contributed by atoms with Crippen LogP contribution in [0.1, 0.15) is 109 Å². The number of hydrogen-bond donors (Lipinski definition) is 36. The predicted molar refractivity (Wildman–Crippen MR) is 459 cm³/mol. The number of piperidine rings is 1. The zero-order chi connectivity index (χ0) is 97.9. The van der Waals surface area contributed by atoms with Crippen molar-refractivity contribution in [2.24, 2.45) is 69.0 Å². The van der Waals surface area contributed by atoms with Crippen LogP contribution in [0.5, 0.6) is 0 Å². The third-order valence-corrected chi connectivity index (χ3v) is 19.0. The summed E-state index contributed by atoms with van der Waals surface area (Å²) in [6.45, 7) is 14.8. The van der Waals surface area contributed by atoms with Crippen LogP contribution in [-0.4, -0.2) is 445 Å². The van der Waals surface area contributed by atoms with Gasteiger partial charge < -0.3 is 198 Å². The normalized spacial score (nSPS) is 20.4. The van der Waals surface area contributed by atoms with E-state index in [1.807, 2.05) is 0 Å². The van der Waals surface area contributed by atoms with Crippen LogP contribution < -0.4 is 63.1 Å². The zero-order valence-electron chi connectivity index (χ0n) is 71.1. The van der Waals surface area contributed by atoms with Crippen molar-refractivity contribution in [3.63, 3.8) is 0 Å². The fourth-order valence-electron chi connectivity index (χ4n) is 12.0. The average molecular weight is 1830 g/mol. The van der Waals surface area contributed by atoms with E-state index in [2.05, 4.69) is 0 Å². The number of aliphatic carboxylic acids is 9. The van der Waals surface area contributed by atoms with Crippen LogP contribution >= 0.6 is 0 Å². The molecule has 7 unspecified atom stereocenters. The lowest BCUT2D eigenvalue weighted by atomic mass is 9.97. The van der Waals surface area contributed by atoms with Crippen molar-refractivity contribution in [3.05, 3.63) is 0 Å². The first-order valence-electron chi connectivity index (χ1n) is 39.7. The number of β-amino-alcohol motifs (C(OH)–C–C–N with tert-alkyl or cyclic N) is 3. The van der Waals surface area contributed by atoms with Crippen molar-refractivity contribution < 1.29 is 124 Å². The average Bonchev–Trinajstić information content (AvgIpc) is 1.72. The highest BCUT2D eigenvalue weighted by molar-refractivity contribution is 5.85. The number of nitrogens with one attached hydrogen (secondary N) is 11. The second-order valence-electron chi connectivity index (χ2n) is 28.6. The molecule has 0 saturated carbocycles. The summed E-state index contributed by atoms with van der Waals surface area (Å²) < 4.78 is 10.1. The molecule has 0 aliphatic carbocycles. The molecule has 0 spiro atoms. The van der Waals surface area contributed by atoms with Gasteiger partial charge in [-0.3, -0.25) is 93.1 Å². The Hall–Kier alpha value is -13.1. The Labute approximate surface area is 732 Å². The van der Waals surface area contributed by atoms with E-state index >= 15 is 0 Å². The van der Waals surface area contributed by atoms with E-state index in [9.17, 15) is 43.2 Å². The fraction of sp³-hybridized carbons (Fsp3) is 0.710. The van der Waals surface area contributed by atoms with Crippen molar-refractivity contribution in [2.45, 2.75) is 152 Å². The summed E-state index contributed by atoms with van der Waals surface area (Å²) in [4.78, 5) is 108. The molecule has 47 N–H and O–H groups in total. The van der Waals surface area contributed by atoms with Gasteiger partial charge in [-0.15, -0.1) is 0 Å². The molecular weight excluding hydrogens is 1690 g/mol. The molecule has 10 aliphatic heterocycles. The Bertz CT molecular complexity index is 3140. The lowest BCUT2D eigenvalue weighted by molar-refractivity contribution is -0.143. The molecule has 0 aromatic heterocycles. The SMILES string of the molecule is N=C(N)N1CC(O)CC1C(=O)O.N=C(N)N1CCC(C(=O)O)CC1.N=C(N)N1CCC(O)C1.N=C(N)N1CCC(O)C1.N=C(N)N1CCCC1C(=O)O.N=C(N)N1CCCC1CO.N=C(N)N1CCCC1CO.N=C(N)N1CCN(C(=N)N)CC1.N=C(N)N1CCOCC1.N=C(N)N1CCOCC1.O=C(O)CCC(=O)O.O=C(O)CCC(=O)O.O=C(O)CCC(=O)O. The van der Waals surface area contributed by atoms with Crippen LogP contribution in [0.25, 0.3) is 0 Å². The van der Waals surface area contributed by atoms with Gasteiger partial charge in [0.1, 0.15) is 12.1 Å². The highest BCUT2D eigenvalue weighted by Gasteiger charge is 2.37. The lowest BCUT2D eigenvalue weighted by Crippen LogP contribution is -2.53. The second-order valence-corrected chi connectivity index (χ2v) is 28.6. The number of nitrogens with zero attached hydrogens (tertiary/aromatic N) is 11. The molecule has 0 aromatic rings. The van der Waals surface area contributed by atoms with Crippen LogP contribution in [-0.2, 0) is 52.6 Å². The molecule has 0 amide bonds. The Morgan fingerprint density at radius 2 is 0.520 bits per heavy atom. The molecule has 0 aromatic carbocycles. The Morgan fingerprint density at radius 1 is 0.268 bits per heavy atom. The minimum Gasteiger partial charge on any atom is -0.481 e. The number of rotatable bonds is 14. The topological polar surface area (TPSA) is 1040 Å². The van der Waals surface area contributed by atoms with Crippen molar-refractivity contribution in [1.82, 2.24) is 53.9 Å². The van der Waals surface area contributed by atoms with Crippen LogP contribution in [0.2, 0.25) is 0 Å². The molecule has 7 atom stereocenters. The van der Waals surface area contributed by atoms with E-state index in [0.717, 1.165) is 97.3 Å². The number of nitrogens with two attached hydrogens (primary N) is 11. The van der Waals surface area contributed by atoms with Crippen molar-refractivity contribution in [3.8, 4) is 0 Å². The maximum Gasteiger partial charge on any atom is 0.326 e. The predicted octanol–water partition coefficient (Wildman–Crippen LogP) is -9.31. The molecular formula is C69H137N33O25. The first-order valence-corrected chi connectivity index (χ1v) is 39.7.